The summed E-state index contributed by atoms with van der Waals surface area (Å²) in [5.74, 6) is -1.56. The number of aliphatic carboxylic acids is 1. The van der Waals surface area contributed by atoms with E-state index in [9.17, 15) is 14.4 Å². The zero-order chi connectivity index (χ0) is 13.5. The van der Waals surface area contributed by atoms with Gasteiger partial charge in [-0.25, -0.2) is 4.79 Å². The fourth-order valence-corrected chi connectivity index (χ4v) is 2.17. The minimum Gasteiger partial charge on any atom is -0.481 e. The molecule has 3 amide bonds. The van der Waals surface area contributed by atoms with Gasteiger partial charge >= 0.3 is 12.0 Å². The first-order chi connectivity index (χ1) is 8.54. The van der Waals surface area contributed by atoms with E-state index in [0.717, 1.165) is 25.7 Å². The summed E-state index contributed by atoms with van der Waals surface area (Å²) in [7, 11) is 0. The Hall–Kier alpha value is -1.59. The van der Waals surface area contributed by atoms with Crippen LogP contribution in [0.25, 0.3) is 0 Å². The van der Waals surface area contributed by atoms with Crippen molar-refractivity contribution < 1.29 is 19.5 Å². The molecule has 0 aromatic carbocycles. The van der Waals surface area contributed by atoms with Crippen molar-refractivity contribution in [1.82, 2.24) is 10.2 Å². The number of carboxylic acid groups (broad SMARTS) is 1. The summed E-state index contributed by atoms with van der Waals surface area (Å²) in [6, 6.07) is -0.206. The van der Waals surface area contributed by atoms with Crippen molar-refractivity contribution in [1.29, 1.82) is 0 Å². The number of urea groups is 1. The molecule has 0 aliphatic carbocycles. The second kappa shape index (κ2) is 6.98. The number of nitrogens with zero attached hydrogens (tertiary/aromatic N) is 1. The van der Waals surface area contributed by atoms with Crippen molar-refractivity contribution in [3.05, 3.63) is 0 Å². The fraction of sp³-hybridized carbons (Fsp3) is 0.750. The highest BCUT2D eigenvalue weighted by molar-refractivity contribution is 5.95. The Kier molecular flexibility index (Phi) is 5.61. The van der Waals surface area contributed by atoms with Gasteiger partial charge in [0.05, 0.1) is 6.42 Å². The molecule has 18 heavy (non-hydrogen) atoms. The predicted molar refractivity (Wildman–Crippen MR) is 65.0 cm³/mol. The highest BCUT2D eigenvalue weighted by Gasteiger charge is 2.26. The lowest BCUT2D eigenvalue weighted by molar-refractivity contribution is -0.138. The Morgan fingerprint density at radius 1 is 1.28 bits per heavy atom. The van der Waals surface area contributed by atoms with Crippen molar-refractivity contribution in [2.75, 3.05) is 6.54 Å². The number of nitrogens with one attached hydrogen (secondary N) is 1. The van der Waals surface area contributed by atoms with Crippen LogP contribution >= 0.6 is 0 Å². The quantitative estimate of drug-likeness (QED) is 0.795. The zero-order valence-electron chi connectivity index (χ0n) is 10.6. The lowest BCUT2D eigenvalue weighted by atomic mass is 10.0. The van der Waals surface area contributed by atoms with Gasteiger partial charge in [0.25, 0.3) is 0 Å². The summed E-state index contributed by atoms with van der Waals surface area (Å²) in [5.41, 5.74) is 0. The zero-order valence-corrected chi connectivity index (χ0v) is 10.6. The number of carbonyl (C=O) groups is 3. The number of hydrogen-bond donors (Lipinski definition) is 2. The number of hydrogen-bond acceptors (Lipinski definition) is 3. The monoisotopic (exact) mass is 256 g/mol. The molecule has 1 aliphatic rings. The van der Waals surface area contributed by atoms with E-state index < -0.39 is 17.9 Å². The SMILES string of the molecule is CCC1CCCCN1C(=O)NC(=O)CCC(=O)O. The summed E-state index contributed by atoms with van der Waals surface area (Å²) in [6.45, 7) is 2.68. The normalized spacial score (nSPS) is 19.4. The van der Waals surface area contributed by atoms with Crippen molar-refractivity contribution in [3.63, 3.8) is 0 Å². The third-order valence-electron chi connectivity index (χ3n) is 3.17. The Balaban J connectivity index is 2.43. The van der Waals surface area contributed by atoms with Gasteiger partial charge in [-0.05, 0) is 25.7 Å². The van der Waals surface area contributed by atoms with E-state index >= 15 is 0 Å². The van der Waals surface area contributed by atoms with Crippen LogP contribution in [-0.4, -0.2) is 40.5 Å². The molecule has 0 aromatic rings. The van der Waals surface area contributed by atoms with Crippen LogP contribution in [-0.2, 0) is 9.59 Å². The van der Waals surface area contributed by atoms with Crippen LogP contribution in [0.2, 0.25) is 0 Å². The molecule has 0 bridgehead atoms. The van der Waals surface area contributed by atoms with Crippen LogP contribution in [0.4, 0.5) is 4.79 Å². The van der Waals surface area contributed by atoms with E-state index in [0.29, 0.717) is 6.54 Å². The Morgan fingerprint density at radius 2 is 2.00 bits per heavy atom. The van der Waals surface area contributed by atoms with Gasteiger partial charge in [0.15, 0.2) is 0 Å². The highest BCUT2D eigenvalue weighted by atomic mass is 16.4. The molecule has 2 N–H and O–H groups in total. The van der Waals surface area contributed by atoms with E-state index in [2.05, 4.69) is 5.32 Å². The van der Waals surface area contributed by atoms with Gasteiger partial charge in [-0.1, -0.05) is 6.92 Å². The number of carbonyl (C=O) groups excluding carboxylic acids is 2. The summed E-state index contributed by atoms with van der Waals surface area (Å²) in [4.78, 5) is 35.2. The topological polar surface area (TPSA) is 86.7 Å². The van der Waals surface area contributed by atoms with Gasteiger partial charge in [0, 0.05) is 19.0 Å². The van der Waals surface area contributed by atoms with Crippen LogP contribution in [0.15, 0.2) is 0 Å². The Bertz CT molecular complexity index is 330. The summed E-state index contributed by atoms with van der Waals surface area (Å²) in [6.07, 6.45) is 3.48. The van der Waals surface area contributed by atoms with Gasteiger partial charge in [0.2, 0.25) is 5.91 Å². The first kappa shape index (κ1) is 14.5. The Morgan fingerprint density at radius 3 is 2.61 bits per heavy atom. The van der Waals surface area contributed by atoms with Crippen LogP contribution in [0, 0.1) is 0 Å². The summed E-state index contributed by atoms with van der Waals surface area (Å²) in [5, 5.41) is 10.7. The third kappa shape index (κ3) is 4.35. The second-order valence-electron chi connectivity index (χ2n) is 4.50. The van der Waals surface area contributed by atoms with Crippen LogP contribution in [0.3, 0.4) is 0 Å². The average molecular weight is 256 g/mol. The molecule has 1 saturated heterocycles. The number of imide groups is 1. The molecule has 0 saturated carbocycles. The summed E-state index contributed by atoms with van der Waals surface area (Å²) < 4.78 is 0. The standard InChI is InChI=1S/C12H20N2O4/c1-2-9-5-3-4-8-14(9)12(18)13-10(15)6-7-11(16)17/h9H,2-8H2,1H3,(H,16,17)(H,13,15,18). The lowest BCUT2D eigenvalue weighted by Gasteiger charge is -2.34. The highest BCUT2D eigenvalue weighted by Crippen LogP contribution is 2.19. The van der Waals surface area contributed by atoms with Crippen molar-refractivity contribution in [3.8, 4) is 0 Å². The van der Waals surface area contributed by atoms with Crippen molar-refractivity contribution in [2.24, 2.45) is 0 Å². The second-order valence-corrected chi connectivity index (χ2v) is 4.50. The third-order valence-corrected chi connectivity index (χ3v) is 3.17. The van der Waals surface area contributed by atoms with E-state index in [1.54, 1.807) is 4.90 Å². The van der Waals surface area contributed by atoms with Crippen molar-refractivity contribution in [2.45, 2.75) is 51.5 Å². The molecule has 6 nitrogen and oxygen atoms in total. The molecule has 0 radical (unpaired) electrons. The van der Waals surface area contributed by atoms with Gasteiger partial charge in [0.1, 0.15) is 0 Å². The maximum absolute atomic E-state index is 11.9. The first-order valence-electron chi connectivity index (χ1n) is 6.36. The van der Waals surface area contributed by atoms with Gasteiger partial charge in [-0.2, -0.15) is 0 Å². The molecule has 1 atom stereocenters. The van der Waals surface area contributed by atoms with E-state index in [-0.39, 0.29) is 18.9 Å². The molecule has 1 aliphatic heterocycles. The van der Waals surface area contributed by atoms with Gasteiger partial charge in [-0.3, -0.25) is 14.9 Å². The molecule has 6 heteroatoms. The molecular formula is C12H20N2O4. The number of amides is 3. The minimum absolute atomic E-state index is 0.161. The molecule has 0 spiro atoms. The molecule has 0 aromatic heterocycles. The number of rotatable bonds is 4. The lowest BCUT2D eigenvalue weighted by Crippen LogP contribution is -2.50. The number of carboxylic acids is 1. The van der Waals surface area contributed by atoms with E-state index in [1.807, 2.05) is 6.92 Å². The maximum atomic E-state index is 11.9. The molecular weight excluding hydrogens is 236 g/mol. The average Bonchev–Trinajstić information content (AvgIpc) is 2.36. The van der Waals surface area contributed by atoms with E-state index in [4.69, 9.17) is 5.11 Å². The predicted octanol–water partition coefficient (Wildman–Crippen LogP) is 1.35. The van der Waals surface area contributed by atoms with Crippen molar-refractivity contribution >= 4 is 17.9 Å². The molecule has 1 rings (SSSR count). The maximum Gasteiger partial charge on any atom is 0.324 e. The number of likely N-dealkylation sites (tertiary alicyclic amines) is 1. The van der Waals surface area contributed by atoms with Crippen LogP contribution < -0.4 is 5.32 Å². The first-order valence-corrected chi connectivity index (χ1v) is 6.36. The minimum atomic E-state index is -1.04. The van der Waals surface area contributed by atoms with Crippen LogP contribution in [0.5, 0.6) is 0 Å². The van der Waals surface area contributed by atoms with Gasteiger partial charge in [-0.15, -0.1) is 0 Å². The van der Waals surface area contributed by atoms with Gasteiger partial charge < -0.3 is 10.0 Å². The largest absolute Gasteiger partial charge is 0.481 e. The number of piperidine rings is 1. The fourth-order valence-electron chi connectivity index (χ4n) is 2.17. The van der Waals surface area contributed by atoms with E-state index in [1.165, 1.54) is 0 Å². The molecule has 102 valence electrons. The molecule has 1 heterocycles. The van der Waals surface area contributed by atoms with Crippen LogP contribution in [0.1, 0.15) is 45.4 Å². The molecule has 1 fully saturated rings. The Labute approximate surface area is 106 Å². The summed E-state index contributed by atoms with van der Waals surface area (Å²) >= 11 is 0. The molecule has 1 unspecified atom stereocenters. The smallest absolute Gasteiger partial charge is 0.324 e.